The van der Waals surface area contributed by atoms with Crippen molar-refractivity contribution in [2.45, 2.75) is 12.1 Å². The van der Waals surface area contributed by atoms with Crippen LogP contribution >= 0.6 is 11.8 Å². The van der Waals surface area contributed by atoms with Crippen LogP contribution < -0.4 is 5.32 Å². The van der Waals surface area contributed by atoms with Gasteiger partial charge in [0.05, 0.1) is 12.3 Å². The Morgan fingerprint density at radius 3 is 2.38 bits per heavy atom. The summed E-state index contributed by atoms with van der Waals surface area (Å²) in [7, 11) is 3.30. The predicted octanol–water partition coefficient (Wildman–Crippen LogP) is 2.54. The fourth-order valence-corrected chi connectivity index (χ4v) is 3.36. The number of carbonyl (C=O) groups is 2. The van der Waals surface area contributed by atoms with Crippen molar-refractivity contribution < 1.29 is 9.59 Å². The number of carbonyl (C=O) groups excluding carboxylic acids is 2. The highest BCUT2D eigenvalue weighted by Gasteiger charge is 2.17. The molecule has 0 unspecified atom stereocenters. The van der Waals surface area contributed by atoms with Crippen LogP contribution in [0.15, 0.2) is 59.8 Å². The average Bonchev–Trinajstić information content (AvgIpc) is 3.15. The SMILES string of the molecule is Cc1ccc(-n2c(SCC(=O)NCC(=O)N(C)C)nnc2-c2ccccc2)cc1. The third-order valence-electron chi connectivity index (χ3n) is 4.23. The first-order chi connectivity index (χ1) is 14.0. The van der Waals surface area contributed by atoms with Crippen LogP contribution in [0, 0.1) is 6.92 Å². The second-order valence-corrected chi connectivity index (χ2v) is 7.64. The van der Waals surface area contributed by atoms with Crippen LogP contribution in [0.3, 0.4) is 0 Å². The molecule has 1 aromatic heterocycles. The smallest absolute Gasteiger partial charge is 0.241 e. The molecule has 0 aliphatic rings. The summed E-state index contributed by atoms with van der Waals surface area (Å²) < 4.78 is 1.94. The molecule has 0 spiro atoms. The normalized spacial score (nSPS) is 10.6. The van der Waals surface area contributed by atoms with E-state index in [4.69, 9.17) is 0 Å². The zero-order valence-corrected chi connectivity index (χ0v) is 17.4. The van der Waals surface area contributed by atoms with Crippen LogP contribution in [-0.4, -0.2) is 57.9 Å². The van der Waals surface area contributed by atoms with Gasteiger partial charge in [0.1, 0.15) is 0 Å². The van der Waals surface area contributed by atoms with Gasteiger partial charge in [-0.3, -0.25) is 14.2 Å². The summed E-state index contributed by atoms with van der Waals surface area (Å²) in [5, 5.41) is 11.9. The first-order valence-corrected chi connectivity index (χ1v) is 10.1. The molecule has 150 valence electrons. The minimum Gasteiger partial charge on any atom is -0.347 e. The minimum absolute atomic E-state index is 0.0215. The average molecular weight is 410 g/mol. The van der Waals surface area contributed by atoms with Crippen molar-refractivity contribution in [1.82, 2.24) is 25.0 Å². The van der Waals surface area contributed by atoms with Gasteiger partial charge in [0.25, 0.3) is 0 Å². The number of nitrogens with one attached hydrogen (secondary N) is 1. The molecule has 0 radical (unpaired) electrons. The highest BCUT2D eigenvalue weighted by molar-refractivity contribution is 7.99. The van der Waals surface area contributed by atoms with E-state index in [1.165, 1.54) is 16.7 Å². The van der Waals surface area contributed by atoms with Crippen molar-refractivity contribution in [3.05, 3.63) is 60.2 Å². The molecular weight excluding hydrogens is 386 g/mol. The lowest BCUT2D eigenvalue weighted by Gasteiger charge is -2.12. The molecule has 29 heavy (non-hydrogen) atoms. The number of hydrogen-bond acceptors (Lipinski definition) is 5. The third kappa shape index (κ3) is 5.23. The minimum atomic E-state index is -0.232. The molecule has 8 heteroatoms. The van der Waals surface area contributed by atoms with Crippen molar-refractivity contribution >= 4 is 23.6 Å². The predicted molar refractivity (Wildman–Crippen MR) is 114 cm³/mol. The van der Waals surface area contributed by atoms with Gasteiger partial charge in [0.2, 0.25) is 11.8 Å². The van der Waals surface area contributed by atoms with E-state index in [-0.39, 0.29) is 24.1 Å². The Kier molecular flexibility index (Phi) is 6.66. The fourth-order valence-electron chi connectivity index (χ4n) is 2.58. The Bertz CT molecular complexity index is 984. The van der Waals surface area contributed by atoms with Crippen molar-refractivity contribution in [2.24, 2.45) is 0 Å². The lowest BCUT2D eigenvalue weighted by molar-refractivity contribution is -0.130. The molecule has 0 saturated carbocycles. The maximum Gasteiger partial charge on any atom is 0.241 e. The monoisotopic (exact) mass is 409 g/mol. The zero-order chi connectivity index (χ0) is 20.8. The molecule has 7 nitrogen and oxygen atoms in total. The number of amides is 2. The molecule has 0 aliphatic carbocycles. The van der Waals surface area contributed by atoms with Crippen molar-refractivity contribution in [1.29, 1.82) is 0 Å². The van der Waals surface area contributed by atoms with E-state index in [0.29, 0.717) is 11.0 Å². The highest BCUT2D eigenvalue weighted by Crippen LogP contribution is 2.27. The van der Waals surface area contributed by atoms with Gasteiger partial charge in [-0.25, -0.2) is 0 Å². The van der Waals surface area contributed by atoms with Crippen LogP contribution in [0.4, 0.5) is 0 Å². The van der Waals surface area contributed by atoms with E-state index in [9.17, 15) is 9.59 Å². The van der Waals surface area contributed by atoms with Crippen molar-refractivity contribution in [2.75, 3.05) is 26.4 Å². The van der Waals surface area contributed by atoms with Gasteiger partial charge < -0.3 is 10.2 Å². The van der Waals surface area contributed by atoms with Crippen LogP contribution in [0.2, 0.25) is 0 Å². The summed E-state index contributed by atoms with van der Waals surface area (Å²) in [6.45, 7) is 2.01. The molecule has 2 amide bonds. The molecule has 0 atom stereocenters. The van der Waals surface area contributed by atoms with E-state index in [0.717, 1.165) is 16.8 Å². The molecular formula is C21H23N5O2S. The number of benzene rings is 2. The standard InChI is InChI=1S/C21H23N5O2S/c1-15-9-11-17(12-10-15)26-20(16-7-5-4-6-8-16)23-24-21(26)29-14-18(27)22-13-19(28)25(2)3/h4-12H,13-14H2,1-3H3,(H,22,27). The Hall–Kier alpha value is -3.13. The Balaban J connectivity index is 1.82. The summed E-state index contributed by atoms with van der Waals surface area (Å²) >= 11 is 1.28. The van der Waals surface area contributed by atoms with Gasteiger partial charge >= 0.3 is 0 Å². The van der Waals surface area contributed by atoms with Crippen LogP contribution in [-0.2, 0) is 9.59 Å². The second kappa shape index (κ2) is 9.38. The maximum absolute atomic E-state index is 12.2. The molecule has 0 saturated heterocycles. The number of aromatic nitrogens is 3. The fraction of sp³-hybridized carbons (Fsp3) is 0.238. The molecule has 2 aromatic carbocycles. The maximum atomic E-state index is 12.2. The highest BCUT2D eigenvalue weighted by atomic mass is 32.2. The van der Waals surface area contributed by atoms with Gasteiger partial charge in [-0.05, 0) is 19.1 Å². The quantitative estimate of drug-likeness (QED) is 0.607. The summed E-state index contributed by atoms with van der Waals surface area (Å²) in [6, 6.07) is 17.9. The lowest BCUT2D eigenvalue weighted by Crippen LogP contribution is -2.37. The molecule has 1 N–H and O–H groups in total. The number of thioether (sulfide) groups is 1. The van der Waals surface area contributed by atoms with E-state index < -0.39 is 0 Å². The van der Waals surface area contributed by atoms with Crippen LogP contribution in [0.25, 0.3) is 17.1 Å². The zero-order valence-electron chi connectivity index (χ0n) is 16.6. The second-order valence-electron chi connectivity index (χ2n) is 6.70. The van der Waals surface area contributed by atoms with Crippen LogP contribution in [0.1, 0.15) is 5.56 Å². The molecule has 0 fully saturated rings. The molecule has 3 aromatic rings. The van der Waals surface area contributed by atoms with E-state index in [1.54, 1.807) is 14.1 Å². The van der Waals surface area contributed by atoms with Gasteiger partial charge in [-0.1, -0.05) is 59.8 Å². The molecule has 0 aliphatic heterocycles. The lowest BCUT2D eigenvalue weighted by atomic mass is 10.2. The third-order valence-corrected chi connectivity index (χ3v) is 5.15. The molecule has 3 rings (SSSR count). The Labute approximate surface area is 174 Å². The van der Waals surface area contributed by atoms with E-state index in [2.05, 4.69) is 15.5 Å². The van der Waals surface area contributed by atoms with Gasteiger partial charge in [-0.2, -0.15) is 0 Å². The first-order valence-electron chi connectivity index (χ1n) is 9.13. The number of nitrogens with zero attached hydrogens (tertiary/aromatic N) is 4. The Morgan fingerprint density at radius 1 is 1.03 bits per heavy atom. The summed E-state index contributed by atoms with van der Waals surface area (Å²) in [5.41, 5.74) is 3.01. The van der Waals surface area contributed by atoms with E-state index >= 15 is 0 Å². The number of rotatable bonds is 7. The van der Waals surface area contributed by atoms with Gasteiger partial charge in [0, 0.05) is 25.3 Å². The number of likely N-dealkylation sites (N-methyl/N-ethyl adjacent to an activating group) is 1. The first kappa shape index (κ1) is 20.6. The van der Waals surface area contributed by atoms with Gasteiger partial charge in [0.15, 0.2) is 11.0 Å². The molecule has 1 heterocycles. The molecule has 0 bridgehead atoms. The Morgan fingerprint density at radius 2 is 1.72 bits per heavy atom. The van der Waals surface area contributed by atoms with E-state index in [1.807, 2.05) is 66.1 Å². The van der Waals surface area contributed by atoms with Crippen molar-refractivity contribution in [3.8, 4) is 17.1 Å². The summed E-state index contributed by atoms with van der Waals surface area (Å²) in [5.74, 6) is 0.460. The number of hydrogen-bond donors (Lipinski definition) is 1. The number of aryl methyl sites for hydroxylation is 1. The van der Waals surface area contributed by atoms with Crippen LogP contribution in [0.5, 0.6) is 0 Å². The summed E-state index contributed by atoms with van der Waals surface area (Å²) in [4.78, 5) is 25.2. The summed E-state index contributed by atoms with van der Waals surface area (Å²) in [6.07, 6.45) is 0. The topological polar surface area (TPSA) is 80.1 Å². The van der Waals surface area contributed by atoms with Crippen molar-refractivity contribution in [3.63, 3.8) is 0 Å². The van der Waals surface area contributed by atoms with Gasteiger partial charge in [-0.15, -0.1) is 10.2 Å². The largest absolute Gasteiger partial charge is 0.347 e.